The summed E-state index contributed by atoms with van der Waals surface area (Å²) >= 11 is 0. The molecular weight excluding hydrogens is 602 g/mol. The molecule has 2 aromatic carbocycles. The summed E-state index contributed by atoms with van der Waals surface area (Å²) in [6, 6.07) is 4.56. The van der Waals surface area contributed by atoms with Crippen molar-refractivity contribution in [2.45, 2.75) is 88.4 Å². The van der Waals surface area contributed by atoms with Gasteiger partial charge in [-0.2, -0.15) is 61.5 Å². The minimum Gasteiger partial charge on any atom is -0.188 e. The van der Waals surface area contributed by atoms with Gasteiger partial charge in [0.05, 0.1) is 0 Å². The van der Waals surface area contributed by atoms with Gasteiger partial charge in [0.2, 0.25) is 0 Å². The molecule has 2 rings (SSSR count). The van der Waals surface area contributed by atoms with E-state index in [0.29, 0.717) is 17.4 Å². The lowest BCUT2D eigenvalue weighted by Crippen LogP contribution is -2.51. The third-order valence-corrected chi connectivity index (χ3v) is 6.01. The van der Waals surface area contributed by atoms with Crippen molar-refractivity contribution in [2.24, 2.45) is 0 Å². The molecule has 0 bridgehead atoms. The first-order valence-electron chi connectivity index (χ1n) is 11.7. The van der Waals surface area contributed by atoms with Crippen LogP contribution < -0.4 is 0 Å². The average molecular weight is 624 g/mol. The average Bonchev–Trinajstić information content (AvgIpc) is 2.78. The van der Waals surface area contributed by atoms with Crippen LogP contribution in [-0.2, 0) is 10.8 Å². The van der Waals surface area contributed by atoms with Gasteiger partial charge >= 0.3 is 36.0 Å². The van der Waals surface area contributed by atoms with Gasteiger partial charge in [-0.3, -0.25) is 0 Å². The van der Waals surface area contributed by atoms with Crippen molar-refractivity contribution in [1.82, 2.24) is 0 Å². The second kappa shape index (κ2) is 10.2. The first kappa shape index (κ1) is 35.0. The summed E-state index contributed by atoms with van der Waals surface area (Å²) in [6.07, 6.45) is -13.3. The Hall–Kier alpha value is -3.16. The fourth-order valence-corrected chi connectivity index (χ4v) is 3.52. The SMILES string of the molecule is CC(C)(C)c1ccc2c(C#CC(F)(F)C(F)(F)C(F)(F)F)c(C(C)(C)C)cc(C#CC(F)(F)C(F)(F)C(F)(F)F)c2c1. The van der Waals surface area contributed by atoms with Crippen molar-refractivity contribution in [3.63, 3.8) is 0 Å². The maximum atomic E-state index is 14.1. The van der Waals surface area contributed by atoms with E-state index in [-0.39, 0.29) is 16.3 Å². The van der Waals surface area contributed by atoms with Gasteiger partial charge < -0.3 is 0 Å². The van der Waals surface area contributed by atoms with E-state index in [1.54, 1.807) is 32.6 Å². The highest BCUT2D eigenvalue weighted by atomic mass is 19.4. The zero-order valence-electron chi connectivity index (χ0n) is 22.6. The lowest BCUT2D eigenvalue weighted by atomic mass is 9.79. The smallest absolute Gasteiger partial charge is 0.188 e. The summed E-state index contributed by atoms with van der Waals surface area (Å²) in [5.41, 5.74) is -2.96. The normalized spacial score (nSPS) is 14.3. The molecule has 14 heteroatoms. The molecule has 0 radical (unpaired) electrons. The van der Waals surface area contributed by atoms with Gasteiger partial charge in [0.15, 0.2) is 0 Å². The Labute approximate surface area is 231 Å². The fourth-order valence-electron chi connectivity index (χ4n) is 3.52. The first-order valence-corrected chi connectivity index (χ1v) is 11.7. The molecule has 0 aliphatic carbocycles. The van der Waals surface area contributed by atoms with E-state index < -0.39 is 58.0 Å². The minimum absolute atomic E-state index is 0.243. The number of benzene rings is 2. The standard InChI is InChI=1S/C28H22F14/c1-21(2,3)16-7-8-17-18(10-12-24(31,32)26(35,36)28(40,41)42)20(22(4,5)6)13-15(19(17)14-16)9-11-23(29,30)25(33,34)27(37,38)39/h7-8,13-14H,1-6H3. The van der Waals surface area contributed by atoms with Crippen molar-refractivity contribution < 1.29 is 61.5 Å². The van der Waals surface area contributed by atoms with Crippen molar-refractivity contribution in [3.05, 3.63) is 46.5 Å². The van der Waals surface area contributed by atoms with Crippen LogP contribution in [0.2, 0.25) is 0 Å². The Morgan fingerprint density at radius 1 is 0.500 bits per heavy atom. The Morgan fingerprint density at radius 2 is 0.929 bits per heavy atom. The highest BCUT2D eigenvalue weighted by Crippen LogP contribution is 2.47. The fraction of sp³-hybridized carbons (Fsp3) is 0.500. The number of alkyl halides is 14. The van der Waals surface area contributed by atoms with Crippen molar-refractivity contribution in [3.8, 4) is 23.7 Å². The number of rotatable bonds is 2. The maximum Gasteiger partial charge on any atom is 0.461 e. The topological polar surface area (TPSA) is 0 Å². The molecule has 232 valence electrons. The molecule has 0 unspecified atom stereocenters. The second-order valence-corrected chi connectivity index (χ2v) is 11.4. The molecule has 0 N–H and O–H groups in total. The molecule has 0 atom stereocenters. The molecule has 0 aromatic heterocycles. The molecule has 2 aromatic rings. The van der Waals surface area contributed by atoms with Crippen LogP contribution in [0.3, 0.4) is 0 Å². The van der Waals surface area contributed by atoms with Crippen molar-refractivity contribution in [2.75, 3.05) is 0 Å². The van der Waals surface area contributed by atoms with Crippen LogP contribution in [0.4, 0.5) is 61.5 Å². The van der Waals surface area contributed by atoms with Crippen LogP contribution in [0.25, 0.3) is 10.8 Å². The van der Waals surface area contributed by atoms with Crippen LogP contribution in [0.15, 0.2) is 24.3 Å². The van der Waals surface area contributed by atoms with E-state index in [2.05, 4.69) is 0 Å². The lowest BCUT2D eigenvalue weighted by molar-refractivity contribution is -0.339. The zero-order chi connectivity index (χ0) is 33.1. The zero-order valence-corrected chi connectivity index (χ0v) is 22.6. The highest BCUT2D eigenvalue weighted by Gasteiger charge is 2.73. The van der Waals surface area contributed by atoms with Crippen molar-refractivity contribution in [1.29, 1.82) is 0 Å². The number of hydrogen-bond donors (Lipinski definition) is 0. The molecule has 0 saturated carbocycles. The summed E-state index contributed by atoms with van der Waals surface area (Å²) in [5.74, 6) is -20.5. The number of halogens is 14. The second-order valence-electron chi connectivity index (χ2n) is 11.4. The summed E-state index contributed by atoms with van der Waals surface area (Å²) < 4.78 is 186. The predicted octanol–water partition coefficient (Wildman–Crippen LogP) is 9.80. The van der Waals surface area contributed by atoms with E-state index in [4.69, 9.17) is 0 Å². The number of fused-ring (bicyclic) bond motifs is 1. The molecule has 0 heterocycles. The Kier molecular flexibility index (Phi) is 8.54. The molecule has 0 amide bonds. The van der Waals surface area contributed by atoms with Gasteiger partial charge in [0.25, 0.3) is 0 Å². The quantitative estimate of drug-likeness (QED) is 0.231. The van der Waals surface area contributed by atoms with Gasteiger partial charge in [-0.1, -0.05) is 65.5 Å². The molecule has 0 spiro atoms. The van der Waals surface area contributed by atoms with Gasteiger partial charge in [-0.25, -0.2) is 0 Å². The van der Waals surface area contributed by atoms with Crippen LogP contribution >= 0.6 is 0 Å². The van der Waals surface area contributed by atoms with Crippen LogP contribution in [0, 0.1) is 23.7 Å². The molecule has 0 saturated heterocycles. The highest BCUT2D eigenvalue weighted by molar-refractivity contribution is 5.95. The van der Waals surface area contributed by atoms with Crippen LogP contribution in [-0.4, -0.2) is 36.0 Å². The van der Waals surface area contributed by atoms with E-state index >= 15 is 0 Å². The van der Waals surface area contributed by atoms with Gasteiger partial charge in [-0.15, -0.1) is 0 Å². The predicted molar refractivity (Wildman–Crippen MR) is 127 cm³/mol. The Bertz CT molecular complexity index is 1470. The first-order chi connectivity index (χ1) is 18.4. The van der Waals surface area contributed by atoms with Crippen LogP contribution in [0.5, 0.6) is 0 Å². The van der Waals surface area contributed by atoms with E-state index in [1.165, 1.54) is 32.9 Å². The molecule has 0 nitrogen and oxygen atoms in total. The van der Waals surface area contributed by atoms with Gasteiger partial charge in [0, 0.05) is 11.1 Å². The molecule has 0 aliphatic heterocycles. The Balaban J connectivity index is 3.07. The largest absolute Gasteiger partial charge is 0.461 e. The Morgan fingerprint density at radius 3 is 1.31 bits per heavy atom. The summed E-state index contributed by atoms with van der Waals surface area (Å²) in [4.78, 5) is 0. The maximum absolute atomic E-state index is 14.1. The summed E-state index contributed by atoms with van der Waals surface area (Å²) in [6.45, 7) is 9.07. The van der Waals surface area contributed by atoms with Crippen molar-refractivity contribution >= 4 is 10.8 Å². The third kappa shape index (κ3) is 6.42. The minimum atomic E-state index is -6.68. The number of hydrogen-bond acceptors (Lipinski definition) is 0. The molecular formula is C28H22F14. The van der Waals surface area contributed by atoms with E-state index in [0.717, 1.165) is 12.1 Å². The molecule has 0 aliphatic rings. The monoisotopic (exact) mass is 624 g/mol. The van der Waals surface area contributed by atoms with Gasteiger partial charge in [-0.05, 0) is 56.7 Å². The van der Waals surface area contributed by atoms with E-state index in [9.17, 15) is 61.5 Å². The van der Waals surface area contributed by atoms with Gasteiger partial charge in [0.1, 0.15) is 0 Å². The van der Waals surface area contributed by atoms with E-state index in [1.807, 2.05) is 0 Å². The summed E-state index contributed by atoms with van der Waals surface area (Å²) in [7, 11) is 0. The van der Waals surface area contributed by atoms with Crippen LogP contribution in [0.1, 0.15) is 63.8 Å². The molecule has 0 fully saturated rings. The third-order valence-electron chi connectivity index (χ3n) is 6.01. The summed E-state index contributed by atoms with van der Waals surface area (Å²) in [5, 5.41) is -0.603. The lowest BCUT2D eigenvalue weighted by Gasteiger charge is -2.26. The molecule has 42 heavy (non-hydrogen) atoms.